The largest absolute Gasteiger partial charge is 0.507 e. The second-order valence-electron chi connectivity index (χ2n) is 10.5. The van der Waals surface area contributed by atoms with Crippen LogP contribution in [0.2, 0.25) is 0 Å². The van der Waals surface area contributed by atoms with Crippen LogP contribution in [-0.2, 0) is 4.79 Å². The molecule has 4 heteroatoms. The molecule has 0 bridgehead atoms. The maximum Gasteiger partial charge on any atom is 0.246 e. The van der Waals surface area contributed by atoms with Crippen LogP contribution < -0.4 is 0 Å². The highest BCUT2D eigenvalue weighted by atomic mass is 16.3. The minimum Gasteiger partial charge on any atom is -0.507 e. The van der Waals surface area contributed by atoms with Crippen LogP contribution in [0.1, 0.15) is 51.5 Å². The molecule has 160 valence electrons. The predicted molar refractivity (Wildman–Crippen MR) is 118 cm³/mol. The number of nitrogens with zero attached hydrogens (tertiary/aromatic N) is 1. The van der Waals surface area contributed by atoms with Crippen molar-refractivity contribution in [1.82, 2.24) is 4.90 Å². The van der Waals surface area contributed by atoms with E-state index in [9.17, 15) is 15.0 Å². The fourth-order valence-electron chi connectivity index (χ4n) is 7.55. The van der Waals surface area contributed by atoms with Crippen LogP contribution in [-0.4, -0.2) is 40.2 Å². The molecule has 7 atom stereocenters. The summed E-state index contributed by atoms with van der Waals surface area (Å²) in [6.45, 7) is 4.62. The highest BCUT2D eigenvalue weighted by molar-refractivity contribution is 5.89. The fraction of sp³-hybridized carbons (Fsp3) is 0.577. The van der Waals surface area contributed by atoms with Gasteiger partial charge < -0.3 is 15.1 Å². The Bertz CT molecular complexity index is 936. The lowest BCUT2D eigenvalue weighted by Crippen LogP contribution is -2.59. The molecule has 1 aromatic carbocycles. The summed E-state index contributed by atoms with van der Waals surface area (Å²) in [6.07, 6.45) is 10.7. The summed E-state index contributed by atoms with van der Waals surface area (Å²) < 4.78 is 0. The SMILES string of the molecule is CN1C(=O)C=C[C@@]2(C)C1CC[C@@H]1[C@H]2CC[C@]2(C)C(O)C(=Cc3ccccc3O)C[C@@H]12. The summed E-state index contributed by atoms with van der Waals surface area (Å²) >= 11 is 0. The number of para-hydroxylation sites is 1. The molecule has 1 heterocycles. The zero-order valence-electron chi connectivity index (χ0n) is 18.2. The molecule has 0 radical (unpaired) electrons. The Morgan fingerprint density at radius 2 is 1.90 bits per heavy atom. The van der Waals surface area contributed by atoms with Gasteiger partial charge in [0.1, 0.15) is 5.75 Å². The van der Waals surface area contributed by atoms with E-state index in [1.807, 2.05) is 36.2 Å². The number of aliphatic hydroxyl groups is 1. The van der Waals surface area contributed by atoms with Gasteiger partial charge in [-0.2, -0.15) is 0 Å². The first-order valence-electron chi connectivity index (χ1n) is 11.4. The molecule has 4 aliphatic rings. The molecule has 5 rings (SSSR count). The zero-order chi connectivity index (χ0) is 21.3. The van der Waals surface area contributed by atoms with Crippen molar-refractivity contribution in [3.8, 4) is 5.75 Å². The summed E-state index contributed by atoms with van der Waals surface area (Å²) in [6, 6.07) is 7.64. The van der Waals surface area contributed by atoms with Gasteiger partial charge in [-0.1, -0.05) is 38.1 Å². The molecule has 2 N–H and O–H groups in total. The Morgan fingerprint density at radius 3 is 2.67 bits per heavy atom. The van der Waals surface area contributed by atoms with Crippen LogP contribution in [0.25, 0.3) is 6.08 Å². The van der Waals surface area contributed by atoms with E-state index in [0.717, 1.165) is 43.2 Å². The molecule has 3 aliphatic carbocycles. The van der Waals surface area contributed by atoms with Gasteiger partial charge in [0.05, 0.1) is 6.10 Å². The molecule has 3 saturated carbocycles. The van der Waals surface area contributed by atoms with Gasteiger partial charge in [0, 0.05) is 29.5 Å². The zero-order valence-corrected chi connectivity index (χ0v) is 18.2. The van der Waals surface area contributed by atoms with Gasteiger partial charge in [0.15, 0.2) is 0 Å². The second kappa shape index (κ2) is 6.71. The first kappa shape index (κ1) is 19.9. The lowest BCUT2D eigenvalue weighted by molar-refractivity contribution is -0.140. The van der Waals surface area contributed by atoms with Crippen molar-refractivity contribution in [3.05, 3.63) is 47.6 Å². The first-order chi connectivity index (χ1) is 14.3. The molecule has 30 heavy (non-hydrogen) atoms. The molecule has 1 aromatic rings. The first-order valence-corrected chi connectivity index (χ1v) is 11.4. The van der Waals surface area contributed by atoms with Crippen molar-refractivity contribution in [2.75, 3.05) is 7.05 Å². The van der Waals surface area contributed by atoms with Crippen LogP contribution in [0.3, 0.4) is 0 Å². The molecule has 0 spiro atoms. The third-order valence-corrected chi connectivity index (χ3v) is 9.27. The third-order valence-electron chi connectivity index (χ3n) is 9.27. The number of hydrogen-bond donors (Lipinski definition) is 2. The van der Waals surface area contributed by atoms with Crippen LogP contribution in [0.4, 0.5) is 0 Å². The Balaban J connectivity index is 1.49. The number of carbonyl (C=O) groups is 1. The predicted octanol–water partition coefficient (Wildman–Crippen LogP) is 4.39. The van der Waals surface area contributed by atoms with Gasteiger partial charge in [0.2, 0.25) is 5.91 Å². The highest BCUT2D eigenvalue weighted by Crippen LogP contribution is 2.65. The number of phenolic OH excluding ortho intramolecular Hbond substituents is 1. The van der Waals surface area contributed by atoms with Crippen LogP contribution in [0.15, 0.2) is 42.0 Å². The van der Waals surface area contributed by atoms with Crippen molar-refractivity contribution in [1.29, 1.82) is 0 Å². The Hall–Kier alpha value is -2.07. The van der Waals surface area contributed by atoms with Crippen LogP contribution in [0.5, 0.6) is 5.75 Å². The van der Waals surface area contributed by atoms with Gasteiger partial charge in [0.25, 0.3) is 0 Å². The molecular weight excluding hydrogens is 374 g/mol. The summed E-state index contributed by atoms with van der Waals surface area (Å²) in [5.74, 6) is 1.93. The third kappa shape index (κ3) is 2.65. The van der Waals surface area contributed by atoms with Crippen molar-refractivity contribution < 1.29 is 15.0 Å². The van der Waals surface area contributed by atoms with E-state index in [2.05, 4.69) is 19.9 Å². The van der Waals surface area contributed by atoms with Gasteiger partial charge in [-0.15, -0.1) is 0 Å². The molecular formula is C26H33NO3. The van der Waals surface area contributed by atoms with Crippen molar-refractivity contribution in [2.45, 2.75) is 58.1 Å². The maximum absolute atomic E-state index is 12.3. The number of phenols is 1. The number of fused-ring (bicyclic) bond motifs is 5. The normalized spacial score (nSPS) is 44.0. The van der Waals surface area contributed by atoms with Crippen molar-refractivity contribution in [2.24, 2.45) is 28.6 Å². The Morgan fingerprint density at radius 1 is 1.13 bits per heavy atom. The number of carbonyl (C=O) groups excluding carboxylic acids is 1. The number of likely N-dealkylation sites (N-methyl/N-ethyl adjacent to an activating group) is 1. The van der Waals surface area contributed by atoms with Gasteiger partial charge in [-0.3, -0.25) is 4.79 Å². The van der Waals surface area contributed by atoms with Gasteiger partial charge in [-0.05, 0) is 73.6 Å². The lowest BCUT2D eigenvalue weighted by atomic mass is 9.48. The van der Waals surface area contributed by atoms with Crippen LogP contribution >= 0.6 is 0 Å². The number of rotatable bonds is 1. The molecule has 0 saturated heterocycles. The maximum atomic E-state index is 12.3. The van der Waals surface area contributed by atoms with Crippen LogP contribution in [0, 0.1) is 28.6 Å². The van der Waals surface area contributed by atoms with Gasteiger partial charge in [-0.25, -0.2) is 0 Å². The molecule has 2 unspecified atom stereocenters. The topological polar surface area (TPSA) is 60.8 Å². The summed E-state index contributed by atoms with van der Waals surface area (Å²) in [7, 11) is 1.95. The van der Waals surface area contributed by atoms with E-state index >= 15 is 0 Å². The summed E-state index contributed by atoms with van der Waals surface area (Å²) in [5.41, 5.74) is 1.75. The van der Waals surface area contributed by atoms with E-state index in [4.69, 9.17) is 0 Å². The molecule has 4 nitrogen and oxygen atoms in total. The average molecular weight is 408 g/mol. The van der Waals surface area contributed by atoms with Crippen molar-refractivity contribution >= 4 is 12.0 Å². The van der Waals surface area contributed by atoms with Gasteiger partial charge >= 0.3 is 0 Å². The number of benzene rings is 1. The molecule has 0 aromatic heterocycles. The molecule has 1 aliphatic heterocycles. The van der Waals surface area contributed by atoms with Crippen molar-refractivity contribution in [3.63, 3.8) is 0 Å². The Kier molecular flexibility index (Phi) is 4.45. The minimum atomic E-state index is -0.459. The van der Waals surface area contributed by atoms with E-state index in [1.54, 1.807) is 12.1 Å². The second-order valence-corrected chi connectivity index (χ2v) is 10.5. The fourth-order valence-corrected chi connectivity index (χ4v) is 7.55. The summed E-state index contributed by atoms with van der Waals surface area (Å²) in [5, 5.41) is 21.6. The standard InChI is InChI=1S/C26H33NO3/c1-25-13-11-23(29)27(3)22(25)9-8-18-19(25)10-12-26(2)20(18)15-17(24(26)30)14-16-6-4-5-7-21(16)28/h4-7,11,13-14,18-20,22,24,28,30H,8-10,12,15H2,1-3H3/t18-,19-,20+,22?,24?,25-,26+/m1/s1. The average Bonchev–Trinajstić information content (AvgIpc) is 2.98. The molecule has 1 amide bonds. The smallest absolute Gasteiger partial charge is 0.246 e. The quantitative estimate of drug-likeness (QED) is 0.726. The van der Waals surface area contributed by atoms with E-state index < -0.39 is 6.10 Å². The van der Waals surface area contributed by atoms with E-state index in [1.165, 1.54) is 0 Å². The molecule has 3 fully saturated rings. The number of hydrogen-bond acceptors (Lipinski definition) is 3. The van der Waals surface area contributed by atoms with E-state index in [-0.39, 0.29) is 28.5 Å². The number of amides is 1. The Labute approximate surface area is 179 Å². The number of aliphatic hydroxyl groups excluding tert-OH is 1. The van der Waals surface area contributed by atoms with E-state index in [0.29, 0.717) is 17.8 Å². The monoisotopic (exact) mass is 407 g/mol. The lowest BCUT2D eigenvalue weighted by Gasteiger charge is -2.59. The summed E-state index contributed by atoms with van der Waals surface area (Å²) in [4.78, 5) is 14.2. The highest BCUT2D eigenvalue weighted by Gasteiger charge is 2.61. The number of aromatic hydroxyl groups is 1. The minimum absolute atomic E-state index is 0.0159.